The van der Waals surface area contributed by atoms with Gasteiger partial charge in [-0.25, -0.2) is 0 Å². The van der Waals surface area contributed by atoms with Gasteiger partial charge < -0.3 is 15.5 Å². The van der Waals surface area contributed by atoms with E-state index in [-0.39, 0.29) is 6.61 Å². The molecule has 0 saturated carbocycles. The third kappa shape index (κ3) is 4.94. The van der Waals surface area contributed by atoms with Gasteiger partial charge in [0.1, 0.15) is 0 Å². The first-order valence-corrected chi connectivity index (χ1v) is 5.68. The van der Waals surface area contributed by atoms with Crippen molar-refractivity contribution in [2.45, 2.75) is 58.1 Å². The number of aliphatic hydroxyl groups is 2. The number of aliphatic hydroxyl groups excluding tert-OH is 1. The van der Waals surface area contributed by atoms with Crippen LogP contribution < -0.4 is 5.32 Å². The van der Waals surface area contributed by atoms with Crippen LogP contribution in [0.15, 0.2) is 0 Å². The van der Waals surface area contributed by atoms with Gasteiger partial charge in [-0.1, -0.05) is 20.8 Å². The van der Waals surface area contributed by atoms with E-state index in [1.807, 2.05) is 13.8 Å². The highest BCUT2D eigenvalue weighted by Gasteiger charge is 2.22. The highest BCUT2D eigenvalue weighted by atomic mass is 16.3. The van der Waals surface area contributed by atoms with Crippen LogP contribution >= 0.6 is 0 Å². The van der Waals surface area contributed by atoms with E-state index in [0.29, 0.717) is 12.6 Å². The minimum atomic E-state index is -0.580. The summed E-state index contributed by atoms with van der Waals surface area (Å²) in [6, 6.07) is 0.324. The summed E-state index contributed by atoms with van der Waals surface area (Å²) >= 11 is 0. The molecule has 0 spiro atoms. The second-order valence-corrected chi connectivity index (χ2v) is 3.93. The molecule has 1 atom stereocenters. The smallest absolute Gasteiger partial charge is 0.0766 e. The van der Waals surface area contributed by atoms with Crippen molar-refractivity contribution in [1.82, 2.24) is 5.32 Å². The zero-order valence-electron chi connectivity index (χ0n) is 9.71. The van der Waals surface area contributed by atoms with Crippen molar-refractivity contribution < 1.29 is 10.2 Å². The van der Waals surface area contributed by atoms with E-state index in [2.05, 4.69) is 12.2 Å². The molecule has 3 heteroatoms. The monoisotopic (exact) mass is 203 g/mol. The molecule has 14 heavy (non-hydrogen) atoms. The lowest BCUT2D eigenvalue weighted by Gasteiger charge is -2.28. The molecule has 0 heterocycles. The fourth-order valence-electron chi connectivity index (χ4n) is 1.44. The Kier molecular flexibility index (Phi) is 7.15. The van der Waals surface area contributed by atoms with Crippen molar-refractivity contribution in [3.8, 4) is 0 Å². The molecular weight excluding hydrogens is 178 g/mol. The van der Waals surface area contributed by atoms with E-state index >= 15 is 0 Å². The number of nitrogens with one attached hydrogen (secondary N) is 1. The number of rotatable bonds is 8. The van der Waals surface area contributed by atoms with Crippen molar-refractivity contribution in [3.05, 3.63) is 0 Å². The summed E-state index contributed by atoms with van der Waals surface area (Å²) in [5.74, 6) is 0. The molecule has 3 nitrogen and oxygen atoms in total. The molecule has 86 valence electrons. The highest BCUT2D eigenvalue weighted by molar-refractivity contribution is 4.79. The average Bonchev–Trinajstić information content (AvgIpc) is 2.23. The molecular formula is C11H25NO2. The average molecular weight is 203 g/mol. The SMILES string of the molecule is CCC(CCO)NCC(O)(CC)CC. The Balaban J connectivity index is 3.87. The molecule has 0 bridgehead atoms. The summed E-state index contributed by atoms with van der Waals surface area (Å²) < 4.78 is 0. The maximum Gasteiger partial charge on any atom is 0.0766 e. The minimum Gasteiger partial charge on any atom is -0.396 e. The van der Waals surface area contributed by atoms with Gasteiger partial charge in [0.25, 0.3) is 0 Å². The van der Waals surface area contributed by atoms with Crippen LogP contribution in [0.2, 0.25) is 0 Å². The first kappa shape index (κ1) is 13.9. The summed E-state index contributed by atoms with van der Waals surface area (Å²) in [6.07, 6.45) is 3.29. The van der Waals surface area contributed by atoms with Crippen molar-refractivity contribution in [2.75, 3.05) is 13.2 Å². The van der Waals surface area contributed by atoms with Crippen LogP contribution in [-0.2, 0) is 0 Å². The fourth-order valence-corrected chi connectivity index (χ4v) is 1.44. The normalized spacial score (nSPS) is 14.4. The summed E-state index contributed by atoms with van der Waals surface area (Å²) in [5.41, 5.74) is -0.580. The van der Waals surface area contributed by atoms with Crippen LogP contribution in [0.1, 0.15) is 46.5 Å². The predicted octanol–water partition coefficient (Wildman–Crippen LogP) is 1.29. The van der Waals surface area contributed by atoms with Crippen LogP contribution in [0.5, 0.6) is 0 Å². The summed E-state index contributed by atoms with van der Waals surface area (Å²) in [7, 11) is 0. The van der Waals surface area contributed by atoms with Gasteiger partial charge in [0.05, 0.1) is 5.60 Å². The molecule has 0 aromatic rings. The van der Waals surface area contributed by atoms with Crippen LogP contribution in [0, 0.1) is 0 Å². The first-order chi connectivity index (χ1) is 6.61. The quantitative estimate of drug-likeness (QED) is 0.557. The largest absolute Gasteiger partial charge is 0.396 e. The van der Waals surface area contributed by atoms with Gasteiger partial charge in [-0.15, -0.1) is 0 Å². The Morgan fingerprint density at radius 2 is 1.79 bits per heavy atom. The maximum atomic E-state index is 10.0. The molecule has 0 aromatic heterocycles. The van der Waals surface area contributed by atoms with Crippen LogP contribution in [0.3, 0.4) is 0 Å². The van der Waals surface area contributed by atoms with Gasteiger partial charge in [0, 0.05) is 19.2 Å². The van der Waals surface area contributed by atoms with Crippen molar-refractivity contribution in [1.29, 1.82) is 0 Å². The summed E-state index contributed by atoms with van der Waals surface area (Å²) in [4.78, 5) is 0. The highest BCUT2D eigenvalue weighted by Crippen LogP contribution is 2.13. The van der Waals surface area contributed by atoms with Gasteiger partial charge >= 0.3 is 0 Å². The number of hydrogen-bond donors (Lipinski definition) is 3. The van der Waals surface area contributed by atoms with Crippen LogP contribution in [0.25, 0.3) is 0 Å². The van der Waals surface area contributed by atoms with Gasteiger partial charge in [-0.05, 0) is 25.7 Å². The molecule has 0 radical (unpaired) electrons. The van der Waals surface area contributed by atoms with Crippen LogP contribution in [0.4, 0.5) is 0 Å². The van der Waals surface area contributed by atoms with E-state index in [4.69, 9.17) is 5.11 Å². The lowest BCUT2D eigenvalue weighted by molar-refractivity contribution is 0.0289. The lowest BCUT2D eigenvalue weighted by atomic mass is 9.97. The molecule has 0 aromatic carbocycles. The zero-order valence-corrected chi connectivity index (χ0v) is 9.71. The number of hydrogen-bond acceptors (Lipinski definition) is 3. The van der Waals surface area contributed by atoms with E-state index < -0.39 is 5.60 Å². The van der Waals surface area contributed by atoms with Gasteiger partial charge in [-0.2, -0.15) is 0 Å². The maximum absolute atomic E-state index is 10.0. The fraction of sp³-hybridized carbons (Fsp3) is 1.00. The zero-order chi connectivity index (χ0) is 11.0. The molecule has 0 saturated heterocycles. The third-order valence-electron chi connectivity index (χ3n) is 3.01. The molecule has 0 fully saturated rings. The van der Waals surface area contributed by atoms with Crippen LogP contribution in [-0.4, -0.2) is 35.0 Å². The molecule has 0 aliphatic carbocycles. The van der Waals surface area contributed by atoms with E-state index in [1.165, 1.54) is 0 Å². The summed E-state index contributed by atoms with van der Waals surface area (Å²) in [6.45, 7) is 6.92. The topological polar surface area (TPSA) is 52.5 Å². The molecule has 0 aliphatic heterocycles. The second kappa shape index (κ2) is 7.21. The molecule has 0 amide bonds. The molecule has 3 N–H and O–H groups in total. The van der Waals surface area contributed by atoms with E-state index in [1.54, 1.807) is 0 Å². The third-order valence-corrected chi connectivity index (χ3v) is 3.01. The van der Waals surface area contributed by atoms with Gasteiger partial charge in [0.15, 0.2) is 0 Å². The lowest BCUT2D eigenvalue weighted by Crippen LogP contribution is -2.43. The molecule has 1 unspecified atom stereocenters. The molecule has 0 aliphatic rings. The predicted molar refractivity (Wildman–Crippen MR) is 59.3 cm³/mol. The minimum absolute atomic E-state index is 0.211. The Hall–Kier alpha value is -0.120. The molecule has 0 rings (SSSR count). The van der Waals surface area contributed by atoms with Gasteiger partial charge in [-0.3, -0.25) is 0 Å². The standard InChI is InChI=1S/C11H25NO2/c1-4-10(7-8-13)12-9-11(14,5-2)6-3/h10,12-14H,4-9H2,1-3H3. The van der Waals surface area contributed by atoms with Crippen molar-refractivity contribution in [2.24, 2.45) is 0 Å². The van der Waals surface area contributed by atoms with Crippen molar-refractivity contribution >= 4 is 0 Å². The Morgan fingerprint density at radius 1 is 1.21 bits per heavy atom. The Labute approximate surface area is 87.5 Å². The second-order valence-electron chi connectivity index (χ2n) is 3.93. The van der Waals surface area contributed by atoms with Crippen molar-refractivity contribution in [3.63, 3.8) is 0 Å². The summed E-state index contributed by atoms with van der Waals surface area (Å²) in [5, 5.41) is 22.1. The van der Waals surface area contributed by atoms with E-state index in [9.17, 15) is 5.11 Å². The Bertz CT molecular complexity index is 135. The van der Waals surface area contributed by atoms with Gasteiger partial charge in [0.2, 0.25) is 0 Å². The van der Waals surface area contributed by atoms with E-state index in [0.717, 1.165) is 25.7 Å². The first-order valence-electron chi connectivity index (χ1n) is 5.68. The Morgan fingerprint density at radius 3 is 2.14 bits per heavy atom.